The number of alkyl halides is 1. The van der Waals surface area contributed by atoms with Gasteiger partial charge in [0.2, 0.25) is 0 Å². The van der Waals surface area contributed by atoms with Crippen LogP contribution in [0.5, 0.6) is 0 Å². The molecule has 0 saturated heterocycles. The summed E-state index contributed by atoms with van der Waals surface area (Å²) in [6.45, 7) is 0.395. The first-order chi connectivity index (χ1) is 11.3. The van der Waals surface area contributed by atoms with Crippen LogP contribution in [0.25, 0.3) is 0 Å². The molecule has 1 aromatic heterocycles. The molecular weight excluding hydrogens is 315 g/mol. The Morgan fingerprint density at radius 1 is 1.35 bits per heavy atom. The lowest BCUT2D eigenvalue weighted by atomic mass is 9.91. The molecule has 23 heavy (non-hydrogen) atoms. The minimum Gasteiger partial charge on any atom is -0.303 e. The molecular formula is C17H22ClFN4. The molecule has 0 amide bonds. The standard InChI is InChI=1S/C17H22ClFN4/c18-15-7-3-6-14(10-15)17(13-4-1-2-5-13)20-11-16-21-12-22-23(16)9-8-19/h3,6-7,10,12-13,17,20H,1-2,4-5,8-9,11H2/t17-/m0/s1. The zero-order valence-electron chi connectivity index (χ0n) is 13.1. The van der Waals surface area contributed by atoms with Crippen molar-refractivity contribution < 1.29 is 4.39 Å². The highest BCUT2D eigenvalue weighted by atomic mass is 35.5. The van der Waals surface area contributed by atoms with Gasteiger partial charge in [0.25, 0.3) is 0 Å². The van der Waals surface area contributed by atoms with Crippen molar-refractivity contribution in [2.75, 3.05) is 6.67 Å². The second-order valence-electron chi connectivity index (χ2n) is 6.05. The van der Waals surface area contributed by atoms with Gasteiger partial charge in [0.1, 0.15) is 18.8 Å². The monoisotopic (exact) mass is 336 g/mol. The van der Waals surface area contributed by atoms with Gasteiger partial charge in [-0.2, -0.15) is 5.10 Å². The molecule has 1 aliphatic carbocycles. The Morgan fingerprint density at radius 3 is 2.91 bits per heavy atom. The number of aromatic nitrogens is 3. The van der Waals surface area contributed by atoms with Crippen LogP contribution in [0, 0.1) is 5.92 Å². The number of halogens is 2. The van der Waals surface area contributed by atoms with Gasteiger partial charge in [-0.25, -0.2) is 14.1 Å². The van der Waals surface area contributed by atoms with Crippen LogP contribution >= 0.6 is 11.6 Å². The molecule has 1 N–H and O–H groups in total. The van der Waals surface area contributed by atoms with Crippen molar-refractivity contribution in [3.8, 4) is 0 Å². The van der Waals surface area contributed by atoms with Crippen LogP contribution in [0.3, 0.4) is 0 Å². The maximum atomic E-state index is 12.6. The van der Waals surface area contributed by atoms with Crippen molar-refractivity contribution in [2.24, 2.45) is 5.92 Å². The summed E-state index contributed by atoms with van der Waals surface area (Å²) in [4.78, 5) is 4.24. The highest BCUT2D eigenvalue weighted by molar-refractivity contribution is 6.30. The van der Waals surface area contributed by atoms with E-state index in [9.17, 15) is 4.39 Å². The molecule has 2 aromatic rings. The molecule has 1 fully saturated rings. The van der Waals surface area contributed by atoms with Crippen LogP contribution < -0.4 is 5.32 Å². The van der Waals surface area contributed by atoms with Gasteiger partial charge in [0.05, 0.1) is 13.1 Å². The van der Waals surface area contributed by atoms with Gasteiger partial charge in [-0.05, 0) is 36.5 Å². The van der Waals surface area contributed by atoms with Gasteiger partial charge in [-0.1, -0.05) is 36.6 Å². The summed E-state index contributed by atoms with van der Waals surface area (Å²) >= 11 is 6.17. The Kier molecular flexibility index (Phi) is 5.62. The first-order valence-corrected chi connectivity index (χ1v) is 8.57. The normalized spacial score (nSPS) is 16.8. The largest absolute Gasteiger partial charge is 0.303 e. The highest BCUT2D eigenvalue weighted by Gasteiger charge is 2.26. The third kappa shape index (κ3) is 4.09. The van der Waals surface area contributed by atoms with E-state index in [0.29, 0.717) is 12.5 Å². The summed E-state index contributed by atoms with van der Waals surface area (Å²) in [6.07, 6.45) is 6.49. The Morgan fingerprint density at radius 2 is 2.17 bits per heavy atom. The first-order valence-electron chi connectivity index (χ1n) is 8.19. The second kappa shape index (κ2) is 7.88. The predicted octanol–water partition coefficient (Wildman–Crippen LogP) is 3.92. The molecule has 0 spiro atoms. The molecule has 0 radical (unpaired) electrons. The Hall–Kier alpha value is -1.46. The lowest BCUT2D eigenvalue weighted by Gasteiger charge is -2.25. The fourth-order valence-corrected chi connectivity index (χ4v) is 3.64. The summed E-state index contributed by atoms with van der Waals surface area (Å²) in [5, 5.41) is 8.43. The van der Waals surface area contributed by atoms with E-state index in [-0.39, 0.29) is 12.6 Å². The van der Waals surface area contributed by atoms with Crippen LogP contribution in [-0.2, 0) is 13.1 Å². The second-order valence-corrected chi connectivity index (χ2v) is 6.48. The number of hydrogen-bond donors (Lipinski definition) is 1. The van der Waals surface area contributed by atoms with Gasteiger partial charge in [0.15, 0.2) is 0 Å². The smallest absolute Gasteiger partial charge is 0.140 e. The Bertz CT molecular complexity index is 625. The topological polar surface area (TPSA) is 42.7 Å². The molecule has 4 nitrogen and oxygen atoms in total. The molecule has 1 aromatic carbocycles. The molecule has 6 heteroatoms. The fraction of sp³-hybridized carbons (Fsp3) is 0.529. The summed E-state index contributed by atoms with van der Waals surface area (Å²) in [7, 11) is 0. The van der Waals surface area contributed by atoms with Gasteiger partial charge in [-0.3, -0.25) is 0 Å². The molecule has 124 valence electrons. The molecule has 0 bridgehead atoms. The van der Waals surface area contributed by atoms with E-state index in [4.69, 9.17) is 11.6 Å². The van der Waals surface area contributed by atoms with Crippen LogP contribution in [-0.4, -0.2) is 21.4 Å². The average Bonchev–Trinajstić information content (AvgIpc) is 3.21. The van der Waals surface area contributed by atoms with E-state index < -0.39 is 6.67 Å². The molecule has 1 aliphatic rings. The number of aryl methyl sites for hydroxylation is 1. The van der Waals surface area contributed by atoms with E-state index in [0.717, 1.165) is 10.8 Å². The SMILES string of the molecule is FCCn1ncnc1CN[C@H](c1cccc(Cl)c1)C1CCCC1. The quantitative estimate of drug-likeness (QED) is 0.833. The fourth-order valence-electron chi connectivity index (χ4n) is 3.44. The minimum atomic E-state index is -0.434. The molecule has 1 heterocycles. The third-order valence-corrected chi connectivity index (χ3v) is 4.79. The minimum absolute atomic E-state index is 0.242. The Labute approximate surface area is 141 Å². The summed E-state index contributed by atoms with van der Waals surface area (Å²) < 4.78 is 14.2. The van der Waals surface area contributed by atoms with E-state index in [1.807, 2.05) is 18.2 Å². The van der Waals surface area contributed by atoms with E-state index in [2.05, 4.69) is 21.5 Å². The predicted molar refractivity (Wildman–Crippen MR) is 89.0 cm³/mol. The lowest BCUT2D eigenvalue weighted by molar-refractivity contribution is 0.354. The van der Waals surface area contributed by atoms with Crippen molar-refractivity contribution in [3.63, 3.8) is 0 Å². The van der Waals surface area contributed by atoms with Crippen LogP contribution in [0.2, 0.25) is 5.02 Å². The summed E-state index contributed by atoms with van der Waals surface area (Å²) in [5.41, 5.74) is 1.21. The van der Waals surface area contributed by atoms with Crippen molar-refractivity contribution >= 4 is 11.6 Å². The average molecular weight is 337 g/mol. The highest BCUT2D eigenvalue weighted by Crippen LogP contribution is 2.36. The van der Waals surface area contributed by atoms with E-state index in [1.165, 1.54) is 37.6 Å². The van der Waals surface area contributed by atoms with Crippen molar-refractivity contribution in [1.29, 1.82) is 0 Å². The van der Waals surface area contributed by atoms with Crippen molar-refractivity contribution in [2.45, 2.75) is 44.8 Å². The zero-order valence-corrected chi connectivity index (χ0v) is 13.8. The molecule has 0 unspecified atom stereocenters. The maximum Gasteiger partial charge on any atom is 0.140 e. The van der Waals surface area contributed by atoms with Crippen LogP contribution in [0.1, 0.15) is 43.1 Å². The van der Waals surface area contributed by atoms with Gasteiger partial charge < -0.3 is 5.32 Å². The molecule has 0 aliphatic heterocycles. The van der Waals surface area contributed by atoms with Crippen molar-refractivity contribution in [3.05, 3.63) is 47.0 Å². The number of nitrogens with zero attached hydrogens (tertiary/aromatic N) is 3. The third-order valence-electron chi connectivity index (χ3n) is 4.55. The number of rotatable bonds is 7. The molecule has 1 saturated carbocycles. The van der Waals surface area contributed by atoms with Gasteiger partial charge >= 0.3 is 0 Å². The summed E-state index contributed by atoms with van der Waals surface area (Å²) in [6, 6.07) is 8.28. The molecule has 3 rings (SSSR count). The van der Waals surface area contributed by atoms with E-state index in [1.54, 1.807) is 4.68 Å². The Balaban J connectivity index is 1.74. The van der Waals surface area contributed by atoms with Crippen molar-refractivity contribution in [1.82, 2.24) is 20.1 Å². The van der Waals surface area contributed by atoms with Crippen LogP contribution in [0.4, 0.5) is 4.39 Å². The molecule has 1 atom stereocenters. The first kappa shape index (κ1) is 16.4. The number of hydrogen-bond acceptors (Lipinski definition) is 3. The summed E-state index contributed by atoms with van der Waals surface area (Å²) in [5.74, 6) is 1.37. The van der Waals surface area contributed by atoms with E-state index >= 15 is 0 Å². The van der Waals surface area contributed by atoms with Gasteiger partial charge in [-0.15, -0.1) is 0 Å². The number of nitrogens with one attached hydrogen (secondary N) is 1. The van der Waals surface area contributed by atoms with Crippen LogP contribution in [0.15, 0.2) is 30.6 Å². The van der Waals surface area contributed by atoms with Gasteiger partial charge in [0, 0.05) is 11.1 Å². The maximum absolute atomic E-state index is 12.6. The zero-order chi connectivity index (χ0) is 16.1. The number of benzene rings is 1. The lowest BCUT2D eigenvalue weighted by Crippen LogP contribution is -2.28.